The normalized spacial score (nSPS) is 12.1. The van der Waals surface area contributed by atoms with Gasteiger partial charge >= 0.3 is 6.16 Å². The number of thioether (sulfide) groups is 1. The average Bonchev–Trinajstić information content (AvgIpc) is 1.97. The van der Waals surface area contributed by atoms with Gasteiger partial charge in [0.25, 0.3) is 0 Å². The summed E-state index contributed by atoms with van der Waals surface area (Å²) in [5, 5.41) is 8.16. The fourth-order valence-corrected chi connectivity index (χ4v) is 1.54. The molecule has 0 aromatic rings. The van der Waals surface area contributed by atoms with E-state index in [4.69, 9.17) is 16.7 Å². The van der Waals surface area contributed by atoms with Crippen LogP contribution in [0.25, 0.3) is 0 Å². The second-order valence-electron chi connectivity index (χ2n) is 1.95. The molecule has 0 radical (unpaired) electrons. The Balaban J connectivity index is 3.24. The fraction of sp³-hybridized carbons (Fsp3) is 0.571. The maximum Gasteiger partial charge on any atom is 0.507 e. The molecule has 0 aliphatic heterocycles. The highest BCUT2D eigenvalue weighted by Gasteiger charge is 2.08. The maximum atomic E-state index is 9.97. The van der Waals surface area contributed by atoms with Crippen LogP contribution in [-0.4, -0.2) is 28.3 Å². The van der Waals surface area contributed by atoms with Gasteiger partial charge in [-0.25, -0.2) is 4.79 Å². The van der Waals surface area contributed by atoms with E-state index in [9.17, 15) is 4.79 Å². The Morgan fingerprint density at radius 3 is 3.00 bits per heavy atom. The summed E-state index contributed by atoms with van der Waals surface area (Å²) in [5.74, 6) is 1.62. The van der Waals surface area contributed by atoms with Gasteiger partial charge in [-0.1, -0.05) is 17.7 Å². The number of alkyl halides is 1. The van der Waals surface area contributed by atoms with Crippen LogP contribution in [0.2, 0.25) is 0 Å². The van der Waals surface area contributed by atoms with Crippen LogP contribution in [0.1, 0.15) is 6.42 Å². The molecular weight excluding hydrogens is 200 g/mol. The first-order valence-corrected chi connectivity index (χ1v) is 4.98. The summed E-state index contributed by atoms with van der Waals surface area (Å²) in [7, 11) is 0. The average molecular weight is 211 g/mol. The monoisotopic (exact) mass is 210 g/mol. The Hall–Kier alpha value is -0.350. The van der Waals surface area contributed by atoms with E-state index in [0.29, 0.717) is 6.42 Å². The molecule has 5 heteroatoms. The summed E-state index contributed by atoms with van der Waals surface area (Å²) in [6, 6.07) is 0. The molecule has 1 unspecified atom stereocenters. The van der Waals surface area contributed by atoms with Crippen molar-refractivity contribution in [2.45, 2.75) is 12.0 Å². The molecule has 1 N–H and O–H groups in total. The van der Waals surface area contributed by atoms with Gasteiger partial charge in [-0.05, 0) is 5.75 Å². The van der Waals surface area contributed by atoms with Crippen LogP contribution in [0.3, 0.4) is 0 Å². The predicted octanol–water partition coefficient (Wildman–Crippen LogP) is 2.56. The number of ether oxygens (including phenoxy) is 1. The molecule has 0 amide bonds. The van der Waals surface area contributed by atoms with Gasteiger partial charge in [0.1, 0.15) is 0 Å². The van der Waals surface area contributed by atoms with Crippen molar-refractivity contribution in [3.8, 4) is 0 Å². The summed E-state index contributed by atoms with van der Waals surface area (Å²) >= 11 is 7.15. The van der Waals surface area contributed by atoms with Gasteiger partial charge in [0.05, 0.1) is 0 Å². The minimum Gasteiger partial charge on any atom is -0.450 e. The number of carbonyl (C=O) groups is 1. The molecular formula is C7H11ClO3S. The van der Waals surface area contributed by atoms with Crippen LogP contribution in [0.15, 0.2) is 12.7 Å². The van der Waals surface area contributed by atoms with Gasteiger partial charge in [-0.3, -0.25) is 0 Å². The third-order valence-corrected chi connectivity index (χ3v) is 2.26. The molecule has 12 heavy (non-hydrogen) atoms. The molecule has 3 nitrogen and oxygen atoms in total. The van der Waals surface area contributed by atoms with E-state index in [1.54, 1.807) is 17.8 Å². The SMILES string of the molecule is C=CCSCCC(Cl)OC(=O)O. The van der Waals surface area contributed by atoms with Gasteiger partial charge in [0.15, 0.2) is 5.56 Å². The van der Waals surface area contributed by atoms with Crippen LogP contribution < -0.4 is 0 Å². The molecule has 0 heterocycles. The quantitative estimate of drug-likeness (QED) is 0.317. The van der Waals surface area contributed by atoms with Crippen LogP contribution >= 0.6 is 23.4 Å². The molecule has 1 atom stereocenters. The van der Waals surface area contributed by atoms with E-state index in [1.165, 1.54) is 0 Å². The lowest BCUT2D eigenvalue weighted by atomic mass is 10.5. The zero-order valence-corrected chi connectivity index (χ0v) is 8.11. The summed E-state index contributed by atoms with van der Waals surface area (Å²) in [6.45, 7) is 3.55. The maximum absolute atomic E-state index is 9.97. The standard InChI is InChI=1S/C7H11ClO3S/c1-2-4-12-5-3-6(8)11-7(9)10/h2,6H,1,3-5H2,(H,9,10). The van der Waals surface area contributed by atoms with Crippen molar-refractivity contribution < 1.29 is 14.6 Å². The largest absolute Gasteiger partial charge is 0.507 e. The zero-order chi connectivity index (χ0) is 9.40. The van der Waals surface area contributed by atoms with Crippen molar-refractivity contribution in [3.63, 3.8) is 0 Å². The molecule has 0 aliphatic carbocycles. The molecule has 0 rings (SSSR count). The number of halogens is 1. The molecule has 0 spiro atoms. The number of carboxylic acid groups (broad SMARTS) is 1. The Labute approximate surface area is 80.7 Å². The Morgan fingerprint density at radius 2 is 2.50 bits per heavy atom. The highest BCUT2D eigenvalue weighted by Crippen LogP contribution is 2.10. The van der Waals surface area contributed by atoms with Gasteiger partial charge in [-0.2, -0.15) is 11.8 Å². The minimum atomic E-state index is -1.33. The lowest BCUT2D eigenvalue weighted by Gasteiger charge is -2.06. The van der Waals surface area contributed by atoms with Crippen molar-refractivity contribution in [2.24, 2.45) is 0 Å². The highest BCUT2D eigenvalue weighted by atomic mass is 35.5. The number of hydrogen-bond acceptors (Lipinski definition) is 3. The van der Waals surface area contributed by atoms with Crippen molar-refractivity contribution in [2.75, 3.05) is 11.5 Å². The Kier molecular flexibility index (Phi) is 7.09. The highest BCUT2D eigenvalue weighted by molar-refractivity contribution is 7.99. The summed E-state index contributed by atoms with van der Waals surface area (Å²) in [6.07, 6.45) is 0.974. The topological polar surface area (TPSA) is 46.5 Å². The third-order valence-electron chi connectivity index (χ3n) is 0.954. The first kappa shape index (κ1) is 11.6. The van der Waals surface area contributed by atoms with Crippen LogP contribution in [0, 0.1) is 0 Å². The number of rotatable bonds is 6. The lowest BCUT2D eigenvalue weighted by Crippen LogP contribution is -2.11. The first-order chi connectivity index (χ1) is 5.66. The molecule has 0 aliphatic rings. The van der Waals surface area contributed by atoms with E-state index in [0.717, 1.165) is 11.5 Å². The van der Waals surface area contributed by atoms with Crippen molar-refractivity contribution in [1.29, 1.82) is 0 Å². The Morgan fingerprint density at radius 1 is 1.83 bits per heavy atom. The van der Waals surface area contributed by atoms with Gasteiger partial charge in [0.2, 0.25) is 0 Å². The molecule has 0 saturated heterocycles. The molecule has 0 aromatic heterocycles. The molecule has 0 aromatic carbocycles. The predicted molar refractivity (Wildman–Crippen MR) is 50.9 cm³/mol. The van der Waals surface area contributed by atoms with Crippen LogP contribution in [0.5, 0.6) is 0 Å². The lowest BCUT2D eigenvalue weighted by molar-refractivity contribution is 0.0792. The smallest absolute Gasteiger partial charge is 0.450 e. The molecule has 0 saturated carbocycles. The van der Waals surface area contributed by atoms with Crippen molar-refractivity contribution in [1.82, 2.24) is 0 Å². The van der Waals surface area contributed by atoms with Crippen molar-refractivity contribution >= 4 is 29.5 Å². The van der Waals surface area contributed by atoms with E-state index in [-0.39, 0.29) is 0 Å². The molecule has 0 bridgehead atoms. The van der Waals surface area contributed by atoms with Crippen molar-refractivity contribution in [3.05, 3.63) is 12.7 Å². The first-order valence-electron chi connectivity index (χ1n) is 3.39. The minimum absolute atomic E-state index is 0.520. The van der Waals surface area contributed by atoms with Gasteiger partial charge in [0, 0.05) is 12.2 Å². The Bertz CT molecular complexity index is 152. The third kappa shape index (κ3) is 7.75. The fourth-order valence-electron chi connectivity index (χ4n) is 0.511. The molecule has 70 valence electrons. The zero-order valence-electron chi connectivity index (χ0n) is 6.53. The van der Waals surface area contributed by atoms with Crippen LogP contribution in [0.4, 0.5) is 4.79 Å². The number of hydrogen-bond donors (Lipinski definition) is 1. The van der Waals surface area contributed by atoms with E-state index in [1.807, 2.05) is 0 Å². The van der Waals surface area contributed by atoms with Gasteiger partial charge < -0.3 is 9.84 Å². The summed E-state index contributed by atoms with van der Waals surface area (Å²) in [4.78, 5) is 9.97. The van der Waals surface area contributed by atoms with E-state index < -0.39 is 11.7 Å². The summed E-state index contributed by atoms with van der Waals surface area (Å²) < 4.78 is 4.27. The van der Waals surface area contributed by atoms with E-state index in [2.05, 4.69) is 11.3 Å². The summed E-state index contributed by atoms with van der Waals surface area (Å²) in [5.41, 5.74) is -0.736. The second-order valence-corrected chi connectivity index (χ2v) is 3.58. The van der Waals surface area contributed by atoms with Crippen LogP contribution in [-0.2, 0) is 4.74 Å². The second kappa shape index (κ2) is 7.31. The van der Waals surface area contributed by atoms with E-state index >= 15 is 0 Å². The molecule has 0 fully saturated rings. The van der Waals surface area contributed by atoms with Gasteiger partial charge in [-0.15, -0.1) is 6.58 Å².